The van der Waals surface area contributed by atoms with Gasteiger partial charge in [-0.3, -0.25) is 4.79 Å². The molecule has 1 atom stereocenters. The van der Waals surface area contributed by atoms with Gasteiger partial charge in [0, 0.05) is 23.9 Å². The summed E-state index contributed by atoms with van der Waals surface area (Å²) in [6.45, 7) is 2.85. The topological polar surface area (TPSA) is 93.6 Å². The molecule has 0 saturated carbocycles. The number of benzene rings is 3. The molecule has 1 heterocycles. The summed E-state index contributed by atoms with van der Waals surface area (Å²) in [4.78, 5) is 36.7. The van der Waals surface area contributed by atoms with E-state index in [1.54, 1.807) is 19.1 Å². The minimum atomic E-state index is -1.42. The van der Waals surface area contributed by atoms with E-state index in [9.17, 15) is 9.59 Å². The molecule has 0 aliphatic carbocycles. The quantitative estimate of drug-likeness (QED) is 0.192. The van der Waals surface area contributed by atoms with Crippen LogP contribution in [0.15, 0.2) is 54.6 Å². The molecule has 1 N–H and O–H groups in total. The number of likely N-dealkylation sites (N-methyl/N-ethyl adjacent to an activating group) is 1. The summed E-state index contributed by atoms with van der Waals surface area (Å²) in [6.07, 6.45) is -1.42. The molecule has 0 fully saturated rings. The molecule has 1 unspecified atom stereocenters. The second-order valence-corrected chi connectivity index (χ2v) is 7.84. The van der Waals surface area contributed by atoms with E-state index in [1.807, 2.05) is 61.5 Å². The Balaban J connectivity index is 1.71. The Morgan fingerprint density at radius 1 is 0.939 bits per heavy atom. The highest BCUT2D eigenvalue weighted by molar-refractivity contribution is 6.08. The predicted octanol–water partition coefficient (Wildman–Crippen LogP) is 2.92. The van der Waals surface area contributed by atoms with Crippen LogP contribution in [0, 0.1) is 0 Å². The van der Waals surface area contributed by atoms with Gasteiger partial charge in [0.1, 0.15) is 5.75 Å². The van der Waals surface area contributed by atoms with Crippen LogP contribution in [0.4, 0.5) is 0 Å². The first kappa shape index (κ1) is 22.4. The van der Waals surface area contributed by atoms with E-state index in [2.05, 4.69) is 5.32 Å². The Hall–Kier alpha value is -3.78. The lowest BCUT2D eigenvalue weighted by Crippen LogP contribution is -2.46. The Morgan fingerprint density at radius 2 is 1.70 bits per heavy atom. The summed E-state index contributed by atoms with van der Waals surface area (Å²) >= 11 is 0. The highest BCUT2D eigenvalue weighted by atomic mass is 16.6. The van der Waals surface area contributed by atoms with E-state index in [4.69, 9.17) is 19.4 Å². The molecule has 1 aromatic heterocycles. The first-order valence-electron chi connectivity index (χ1n) is 10.8. The average Bonchev–Trinajstić information content (AvgIpc) is 2.81. The van der Waals surface area contributed by atoms with Crippen LogP contribution in [-0.4, -0.2) is 66.6 Å². The molecule has 0 spiro atoms. The van der Waals surface area contributed by atoms with Gasteiger partial charge in [0.05, 0.1) is 28.7 Å². The molecule has 8 heteroatoms. The number of nitrogens with zero attached hydrogens (tertiary/aromatic N) is 3. The summed E-state index contributed by atoms with van der Waals surface area (Å²) in [5.41, 5.74) is 3.07. The van der Waals surface area contributed by atoms with E-state index >= 15 is 0 Å². The van der Waals surface area contributed by atoms with Gasteiger partial charge in [0.2, 0.25) is 0 Å². The molecule has 170 valence electrons. The maximum atomic E-state index is 12.8. The zero-order chi connectivity index (χ0) is 23.4. The number of hydrogen-bond acceptors (Lipinski definition) is 7. The second kappa shape index (κ2) is 9.79. The fourth-order valence-corrected chi connectivity index (χ4v) is 3.56. The summed E-state index contributed by atoms with van der Waals surface area (Å²) < 4.78 is 11.0. The molecule has 4 rings (SSSR count). The van der Waals surface area contributed by atoms with E-state index in [1.165, 1.54) is 0 Å². The van der Waals surface area contributed by atoms with Gasteiger partial charge in [0.25, 0.3) is 12.0 Å². The van der Waals surface area contributed by atoms with Gasteiger partial charge >= 0.3 is 5.97 Å². The zero-order valence-electron chi connectivity index (χ0n) is 18.9. The van der Waals surface area contributed by atoms with Crippen molar-refractivity contribution in [1.29, 1.82) is 0 Å². The third kappa shape index (κ3) is 4.85. The van der Waals surface area contributed by atoms with Crippen LogP contribution in [0.5, 0.6) is 5.75 Å². The van der Waals surface area contributed by atoms with E-state index in [0.717, 1.165) is 32.8 Å². The third-order valence-corrected chi connectivity index (χ3v) is 5.17. The van der Waals surface area contributed by atoms with Crippen molar-refractivity contribution in [3.05, 3.63) is 54.6 Å². The molecule has 0 saturated heterocycles. The Kier molecular flexibility index (Phi) is 6.65. The van der Waals surface area contributed by atoms with Gasteiger partial charge in [-0.2, -0.15) is 0 Å². The van der Waals surface area contributed by atoms with Crippen molar-refractivity contribution in [2.75, 3.05) is 33.8 Å². The summed E-state index contributed by atoms with van der Waals surface area (Å²) in [7, 11) is 3.80. The predicted molar refractivity (Wildman–Crippen MR) is 127 cm³/mol. The first-order valence-corrected chi connectivity index (χ1v) is 10.8. The lowest BCUT2D eigenvalue weighted by atomic mass is 10.1. The third-order valence-electron chi connectivity index (χ3n) is 5.17. The lowest BCUT2D eigenvalue weighted by Gasteiger charge is -2.19. The smallest absolute Gasteiger partial charge is 0.357 e. The van der Waals surface area contributed by atoms with Crippen LogP contribution in [0.25, 0.3) is 32.8 Å². The number of carbonyl (C=O) groups excluding carboxylic acids is 2. The number of amides is 1. The largest absolute Gasteiger partial charge is 0.468 e. The van der Waals surface area contributed by atoms with Crippen LogP contribution >= 0.6 is 0 Å². The zero-order valence-corrected chi connectivity index (χ0v) is 18.9. The molecule has 4 aromatic rings. The molecule has 0 radical (unpaired) electrons. The van der Waals surface area contributed by atoms with Crippen molar-refractivity contribution in [3.8, 4) is 5.75 Å². The number of aromatic nitrogens is 2. The Bertz CT molecular complexity index is 1320. The molecule has 33 heavy (non-hydrogen) atoms. The van der Waals surface area contributed by atoms with Gasteiger partial charge in [-0.05, 0) is 51.4 Å². The Morgan fingerprint density at radius 3 is 2.42 bits per heavy atom. The molecule has 1 amide bonds. The summed E-state index contributed by atoms with van der Waals surface area (Å²) in [5, 5.41) is 4.29. The SMILES string of the molecule is CCOC(=O)C(Oc1cccc2c1ccc1nc3ccccc3nc12)C(=O)NCCN(C)C. The average molecular weight is 447 g/mol. The van der Waals surface area contributed by atoms with Crippen LogP contribution < -0.4 is 10.1 Å². The van der Waals surface area contributed by atoms with Gasteiger partial charge < -0.3 is 19.7 Å². The molecule has 3 aromatic carbocycles. The van der Waals surface area contributed by atoms with Gasteiger partial charge in [-0.1, -0.05) is 24.3 Å². The standard InChI is InChI=1S/C25H26N4O4/c1-4-32-25(31)23(24(30)26-14-15-29(2)3)33-21-11-7-8-17-16(21)12-13-20-22(17)28-19-10-6-5-9-18(19)27-20/h5-13,23H,4,14-15H2,1-3H3,(H,26,30). The second-order valence-electron chi connectivity index (χ2n) is 7.84. The maximum Gasteiger partial charge on any atom is 0.357 e. The molecule has 0 aliphatic heterocycles. The van der Waals surface area contributed by atoms with Gasteiger partial charge in [-0.15, -0.1) is 0 Å². The van der Waals surface area contributed by atoms with Crippen LogP contribution in [0.2, 0.25) is 0 Å². The minimum Gasteiger partial charge on any atom is -0.468 e. The van der Waals surface area contributed by atoms with E-state index in [-0.39, 0.29) is 6.61 Å². The van der Waals surface area contributed by atoms with Crippen molar-refractivity contribution >= 4 is 44.7 Å². The van der Waals surface area contributed by atoms with Crippen LogP contribution in [-0.2, 0) is 14.3 Å². The maximum absolute atomic E-state index is 12.8. The van der Waals surface area contributed by atoms with Crippen molar-refractivity contribution in [2.24, 2.45) is 0 Å². The number of hydrogen-bond donors (Lipinski definition) is 1. The monoisotopic (exact) mass is 446 g/mol. The first-order chi connectivity index (χ1) is 16.0. The van der Waals surface area contributed by atoms with Crippen molar-refractivity contribution in [1.82, 2.24) is 20.2 Å². The van der Waals surface area contributed by atoms with Gasteiger partial charge in [-0.25, -0.2) is 14.8 Å². The number of fused-ring (bicyclic) bond motifs is 4. The number of nitrogens with one attached hydrogen (secondary N) is 1. The van der Waals surface area contributed by atoms with Crippen molar-refractivity contribution in [3.63, 3.8) is 0 Å². The molecule has 8 nitrogen and oxygen atoms in total. The summed E-state index contributed by atoms with van der Waals surface area (Å²) in [5.74, 6) is -0.882. The molecular formula is C25H26N4O4. The molecule has 0 aliphatic rings. The fourth-order valence-electron chi connectivity index (χ4n) is 3.56. The van der Waals surface area contributed by atoms with E-state index in [0.29, 0.717) is 18.8 Å². The van der Waals surface area contributed by atoms with Crippen molar-refractivity contribution in [2.45, 2.75) is 13.0 Å². The molecule has 0 bridgehead atoms. The number of esters is 1. The number of rotatable bonds is 8. The highest BCUT2D eigenvalue weighted by Crippen LogP contribution is 2.31. The number of para-hydroxylation sites is 2. The van der Waals surface area contributed by atoms with Crippen molar-refractivity contribution < 1.29 is 19.1 Å². The Labute approximate surface area is 191 Å². The number of carbonyl (C=O) groups is 2. The lowest BCUT2D eigenvalue weighted by molar-refractivity contribution is -0.156. The van der Waals surface area contributed by atoms with Crippen LogP contribution in [0.3, 0.4) is 0 Å². The fraction of sp³-hybridized carbons (Fsp3) is 0.280. The minimum absolute atomic E-state index is 0.145. The highest BCUT2D eigenvalue weighted by Gasteiger charge is 2.30. The number of ether oxygens (including phenoxy) is 2. The molecular weight excluding hydrogens is 420 g/mol. The summed E-state index contributed by atoms with van der Waals surface area (Å²) in [6, 6.07) is 16.9. The van der Waals surface area contributed by atoms with Crippen LogP contribution in [0.1, 0.15) is 6.92 Å². The van der Waals surface area contributed by atoms with Gasteiger partial charge in [0.15, 0.2) is 0 Å². The van der Waals surface area contributed by atoms with E-state index < -0.39 is 18.0 Å². The normalized spacial score (nSPS) is 12.2.